The molecule has 0 spiro atoms. The quantitative estimate of drug-likeness (QED) is 0.400. The van der Waals surface area contributed by atoms with E-state index < -0.39 is 0 Å². The molecule has 0 unspecified atom stereocenters. The maximum absolute atomic E-state index is 13.3. The van der Waals surface area contributed by atoms with Gasteiger partial charge >= 0.3 is 0 Å². The van der Waals surface area contributed by atoms with Crippen LogP contribution < -0.4 is 9.47 Å². The highest BCUT2D eigenvalue weighted by Crippen LogP contribution is 2.50. The molecule has 6 nitrogen and oxygen atoms in total. The van der Waals surface area contributed by atoms with Crippen LogP contribution >= 0.6 is 0 Å². The van der Waals surface area contributed by atoms with E-state index in [4.69, 9.17) is 14.2 Å². The summed E-state index contributed by atoms with van der Waals surface area (Å²) in [6.07, 6.45) is 6.98. The van der Waals surface area contributed by atoms with Gasteiger partial charge in [-0.1, -0.05) is 18.7 Å². The second-order valence-electron chi connectivity index (χ2n) is 8.72. The molecule has 1 aromatic carbocycles. The minimum Gasteiger partial charge on any atom is -0.493 e. The minimum atomic E-state index is -0.350. The summed E-state index contributed by atoms with van der Waals surface area (Å²) in [5.74, 6) is 1.15. The Kier molecular flexibility index (Phi) is 7.33. The van der Waals surface area contributed by atoms with E-state index in [0.29, 0.717) is 37.6 Å². The normalized spacial score (nSPS) is 18.9. The van der Waals surface area contributed by atoms with Crippen molar-refractivity contribution < 1.29 is 23.8 Å². The van der Waals surface area contributed by atoms with E-state index in [9.17, 15) is 9.59 Å². The molecule has 0 aromatic heterocycles. The molecular weight excluding hydrogens is 418 g/mol. The van der Waals surface area contributed by atoms with Crippen molar-refractivity contribution in [1.82, 2.24) is 4.90 Å². The Morgan fingerprint density at radius 3 is 2.24 bits per heavy atom. The number of hydrogen-bond donors (Lipinski definition) is 0. The zero-order chi connectivity index (χ0) is 23.4. The number of carbonyl (C=O) groups is 2. The molecule has 2 aliphatic carbocycles. The molecule has 33 heavy (non-hydrogen) atoms. The van der Waals surface area contributed by atoms with E-state index in [2.05, 4.69) is 11.5 Å². The zero-order valence-corrected chi connectivity index (χ0v) is 19.7. The summed E-state index contributed by atoms with van der Waals surface area (Å²) in [4.78, 5) is 28.9. The van der Waals surface area contributed by atoms with Gasteiger partial charge in [-0.15, -0.1) is 0 Å². The van der Waals surface area contributed by atoms with Gasteiger partial charge in [0.05, 0.1) is 7.11 Å². The number of methoxy groups -OCH3 is 2. The van der Waals surface area contributed by atoms with Crippen molar-refractivity contribution in [1.29, 1.82) is 0 Å². The van der Waals surface area contributed by atoms with Crippen molar-refractivity contribution in [3.63, 3.8) is 0 Å². The van der Waals surface area contributed by atoms with Crippen molar-refractivity contribution in [3.05, 3.63) is 59.0 Å². The van der Waals surface area contributed by atoms with Gasteiger partial charge in [-0.2, -0.15) is 0 Å². The number of hydrogen-bond acceptors (Lipinski definition) is 6. The molecule has 3 aliphatic rings. The van der Waals surface area contributed by atoms with E-state index in [1.165, 1.54) is 0 Å². The first-order valence-corrected chi connectivity index (χ1v) is 11.8. The lowest BCUT2D eigenvalue weighted by molar-refractivity contribution is -0.117. The van der Waals surface area contributed by atoms with Crippen molar-refractivity contribution in [2.45, 2.75) is 50.9 Å². The largest absolute Gasteiger partial charge is 0.493 e. The highest BCUT2D eigenvalue weighted by molar-refractivity contribution is 6.06. The number of benzene rings is 1. The van der Waals surface area contributed by atoms with Gasteiger partial charge in [0.1, 0.15) is 6.61 Å². The SMILES string of the molecule is C=CCOc1ccc(C2C3=C(CCCC3=O)N(CCCOC)C3=C2C(=O)CCC3)cc1OC. The molecule has 1 aliphatic heterocycles. The van der Waals surface area contributed by atoms with Gasteiger partial charge < -0.3 is 19.1 Å². The molecule has 0 N–H and O–H groups in total. The molecule has 6 heteroatoms. The molecule has 0 radical (unpaired) electrons. The van der Waals surface area contributed by atoms with E-state index in [-0.39, 0.29) is 17.5 Å². The molecule has 4 rings (SSSR count). The van der Waals surface area contributed by atoms with E-state index in [1.807, 2.05) is 18.2 Å². The van der Waals surface area contributed by atoms with E-state index in [1.54, 1.807) is 20.3 Å². The van der Waals surface area contributed by atoms with Gasteiger partial charge in [-0.05, 0) is 49.8 Å². The van der Waals surface area contributed by atoms with Crippen LogP contribution in [0.1, 0.15) is 56.4 Å². The van der Waals surface area contributed by atoms with Crippen LogP contribution in [0.25, 0.3) is 0 Å². The second kappa shape index (κ2) is 10.4. The molecule has 0 saturated carbocycles. The fraction of sp³-hybridized carbons (Fsp3) is 0.481. The Morgan fingerprint density at radius 2 is 1.67 bits per heavy atom. The lowest BCUT2D eigenvalue weighted by Crippen LogP contribution is -2.39. The van der Waals surface area contributed by atoms with Crippen molar-refractivity contribution in [3.8, 4) is 11.5 Å². The summed E-state index contributed by atoms with van der Waals surface area (Å²) in [5, 5.41) is 0. The molecule has 0 amide bonds. The third-order valence-electron chi connectivity index (χ3n) is 6.69. The summed E-state index contributed by atoms with van der Waals surface area (Å²) >= 11 is 0. The third-order valence-corrected chi connectivity index (χ3v) is 6.69. The lowest BCUT2D eigenvalue weighted by atomic mass is 9.71. The summed E-state index contributed by atoms with van der Waals surface area (Å²) in [7, 11) is 3.30. The topological polar surface area (TPSA) is 65.1 Å². The molecule has 0 fully saturated rings. The van der Waals surface area contributed by atoms with Gasteiger partial charge in [-0.25, -0.2) is 0 Å². The van der Waals surface area contributed by atoms with Crippen molar-refractivity contribution in [2.24, 2.45) is 0 Å². The highest BCUT2D eigenvalue weighted by atomic mass is 16.5. The summed E-state index contributed by atoms with van der Waals surface area (Å²) in [6.45, 7) is 5.48. The van der Waals surface area contributed by atoms with Crippen LogP contribution in [0.2, 0.25) is 0 Å². The van der Waals surface area contributed by atoms with Crippen LogP contribution in [0.5, 0.6) is 11.5 Å². The maximum Gasteiger partial charge on any atom is 0.161 e. The molecule has 1 heterocycles. The average molecular weight is 452 g/mol. The maximum atomic E-state index is 13.3. The number of allylic oxidation sites excluding steroid dienone is 4. The summed E-state index contributed by atoms with van der Waals surface area (Å²) in [5.41, 5.74) is 4.65. The van der Waals surface area contributed by atoms with Crippen molar-refractivity contribution >= 4 is 11.6 Å². The van der Waals surface area contributed by atoms with Gasteiger partial charge in [0, 0.05) is 61.6 Å². The smallest absolute Gasteiger partial charge is 0.161 e. The highest BCUT2D eigenvalue weighted by Gasteiger charge is 2.43. The van der Waals surface area contributed by atoms with Crippen LogP contribution in [-0.4, -0.2) is 50.4 Å². The second-order valence-corrected chi connectivity index (χ2v) is 8.72. The molecule has 0 atom stereocenters. The zero-order valence-electron chi connectivity index (χ0n) is 19.7. The predicted octanol–water partition coefficient (Wildman–Crippen LogP) is 4.71. The fourth-order valence-electron chi connectivity index (χ4n) is 5.32. The Balaban J connectivity index is 1.84. The summed E-state index contributed by atoms with van der Waals surface area (Å²) < 4.78 is 16.6. The molecule has 0 saturated heterocycles. The molecule has 0 bridgehead atoms. The predicted molar refractivity (Wildman–Crippen MR) is 126 cm³/mol. The Bertz CT molecular complexity index is 962. The first kappa shape index (κ1) is 23.3. The van der Waals surface area contributed by atoms with E-state index >= 15 is 0 Å². The number of Topliss-reactive ketones (excluding diaryl/α,β-unsaturated/α-hetero) is 2. The number of nitrogens with zero attached hydrogens (tertiary/aromatic N) is 1. The lowest BCUT2D eigenvalue weighted by Gasteiger charge is -2.44. The Labute approximate surface area is 195 Å². The molecule has 176 valence electrons. The van der Waals surface area contributed by atoms with Crippen molar-refractivity contribution in [2.75, 3.05) is 34.0 Å². The van der Waals surface area contributed by atoms with Crippen LogP contribution in [0, 0.1) is 0 Å². The van der Waals surface area contributed by atoms with Crippen LogP contribution in [-0.2, 0) is 14.3 Å². The third kappa shape index (κ3) is 4.49. The standard InChI is InChI=1S/C27H33NO5/c1-4-15-33-23-13-12-18(17-24(23)32-3)25-26-19(8-5-10-21(26)29)28(14-7-16-31-2)20-9-6-11-22(30)27(20)25/h4,12-13,17,25H,1,5-11,14-16H2,2-3H3. The monoisotopic (exact) mass is 451 g/mol. The van der Waals surface area contributed by atoms with Gasteiger partial charge in [0.25, 0.3) is 0 Å². The Morgan fingerprint density at radius 1 is 1.00 bits per heavy atom. The van der Waals surface area contributed by atoms with Gasteiger partial charge in [0.2, 0.25) is 0 Å². The molecular formula is C27H33NO5. The first-order chi connectivity index (χ1) is 16.1. The van der Waals surface area contributed by atoms with E-state index in [0.717, 1.165) is 66.8 Å². The minimum absolute atomic E-state index is 0.147. The number of carbonyl (C=O) groups excluding carboxylic acids is 2. The van der Waals surface area contributed by atoms with Gasteiger partial charge in [0.15, 0.2) is 23.1 Å². The molecule has 1 aromatic rings. The number of ether oxygens (including phenoxy) is 3. The number of rotatable bonds is 9. The Hall–Kier alpha value is -2.86. The van der Waals surface area contributed by atoms with Gasteiger partial charge in [-0.3, -0.25) is 9.59 Å². The average Bonchev–Trinajstić information content (AvgIpc) is 2.83. The van der Waals surface area contributed by atoms with Crippen LogP contribution in [0.3, 0.4) is 0 Å². The fourth-order valence-corrected chi connectivity index (χ4v) is 5.32. The first-order valence-electron chi connectivity index (χ1n) is 11.8. The van der Waals surface area contributed by atoms with Crippen LogP contribution in [0.4, 0.5) is 0 Å². The van der Waals surface area contributed by atoms with Crippen LogP contribution in [0.15, 0.2) is 53.4 Å². The number of ketones is 2. The summed E-state index contributed by atoms with van der Waals surface area (Å²) in [6, 6.07) is 5.75.